The lowest BCUT2D eigenvalue weighted by Gasteiger charge is -2.47. The molecule has 0 atom stereocenters. The van der Waals surface area contributed by atoms with Gasteiger partial charge in [0.05, 0.1) is 5.69 Å². The Balaban J connectivity index is 1.15. The summed E-state index contributed by atoms with van der Waals surface area (Å²) in [6, 6.07) is 78.9. The van der Waals surface area contributed by atoms with Crippen molar-refractivity contribution >= 4 is 78.9 Å². The van der Waals surface area contributed by atoms with Crippen LogP contribution in [0.1, 0.15) is 77.6 Å². The zero-order chi connectivity index (χ0) is 53.0. The minimum Gasteiger partial charge on any atom is -0.456 e. The van der Waals surface area contributed by atoms with E-state index in [1.54, 1.807) is 0 Å². The Kier molecular flexibility index (Phi) is 9.90. The van der Waals surface area contributed by atoms with Crippen LogP contribution in [0.4, 0.5) is 28.4 Å². The molecule has 78 heavy (non-hydrogen) atoms. The smallest absolute Gasteiger partial charge is 0.333 e. The summed E-state index contributed by atoms with van der Waals surface area (Å²) < 4.78 is 14.2. The van der Waals surface area contributed by atoms with Gasteiger partial charge in [0.1, 0.15) is 22.7 Å². The molecular formula is C73H59BN2O2. The maximum atomic E-state index is 7.30. The van der Waals surface area contributed by atoms with Gasteiger partial charge < -0.3 is 18.5 Å². The Morgan fingerprint density at radius 1 is 0.410 bits per heavy atom. The first-order chi connectivity index (χ1) is 37.7. The van der Waals surface area contributed by atoms with E-state index >= 15 is 0 Å². The van der Waals surface area contributed by atoms with Crippen molar-refractivity contribution < 1.29 is 8.83 Å². The summed E-state index contributed by atoms with van der Waals surface area (Å²) in [6.07, 6.45) is 0. The van der Waals surface area contributed by atoms with Gasteiger partial charge in [-0.1, -0.05) is 213 Å². The van der Waals surface area contributed by atoms with Crippen LogP contribution < -0.4 is 20.6 Å². The maximum Gasteiger partial charge on any atom is 0.333 e. The fourth-order valence-corrected chi connectivity index (χ4v) is 13.5. The van der Waals surface area contributed by atoms with Crippen molar-refractivity contribution in [2.75, 3.05) is 9.71 Å². The maximum absolute atomic E-state index is 7.30. The highest BCUT2D eigenvalue weighted by Gasteiger charge is 2.51. The second-order valence-electron chi connectivity index (χ2n) is 24.4. The molecule has 2 aliphatic heterocycles. The van der Waals surface area contributed by atoms with E-state index in [-0.39, 0.29) is 23.1 Å². The van der Waals surface area contributed by atoms with Crippen LogP contribution in [0.25, 0.3) is 88.7 Å². The second-order valence-corrected chi connectivity index (χ2v) is 24.4. The number of benzene rings is 10. The zero-order valence-corrected chi connectivity index (χ0v) is 45.5. The van der Waals surface area contributed by atoms with Gasteiger partial charge in [0.2, 0.25) is 0 Å². The monoisotopic (exact) mass is 1010 g/mol. The molecule has 5 heteroatoms. The molecule has 0 bridgehead atoms. The van der Waals surface area contributed by atoms with E-state index in [1.165, 1.54) is 72.2 Å². The van der Waals surface area contributed by atoms with Crippen molar-refractivity contribution in [1.29, 1.82) is 0 Å². The number of furan rings is 2. The number of rotatable bonds is 5. The third-order valence-electron chi connectivity index (χ3n) is 17.3. The number of hydrogen-bond donors (Lipinski definition) is 0. The quantitative estimate of drug-likeness (QED) is 0.161. The minimum absolute atomic E-state index is 0.0339. The second kappa shape index (κ2) is 16.6. The molecule has 0 saturated heterocycles. The molecule has 15 rings (SSSR count). The SMILES string of the molecule is CC(C)(C)c1ccc(N2B3c4cc5c(-c6ccccc6)oc(-c6ccccc6)c5cc4N(c4ccc(C(C)(C)C)cc4-c4ccccc4)c4cc5c(c(c43)-c3cc4c(cc32)oc2ccccc24)C(C)(C)c2ccccc2-5)cc1. The van der Waals surface area contributed by atoms with E-state index in [0.29, 0.717) is 0 Å². The molecule has 0 saturated carbocycles. The fourth-order valence-electron chi connectivity index (χ4n) is 13.5. The summed E-state index contributed by atoms with van der Waals surface area (Å²) in [7, 11) is 0. The molecule has 4 heterocycles. The predicted octanol–water partition coefficient (Wildman–Crippen LogP) is 18.9. The molecular weight excluding hydrogens is 948 g/mol. The normalized spacial score (nSPS) is 14.2. The predicted molar refractivity (Wildman–Crippen MR) is 328 cm³/mol. The number of hydrogen-bond acceptors (Lipinski definition) is 4. The molecule has 0 unspecified atom stereocenters. The molecule has 2 aromatic heterocycles. The molecule has 4 nitrogen and oxygen atoms in total. The van der Waals surface area contributed by atoms with Crippen molar-refractivity contribution in [3.05, 3.63) is 235 Å². The van der Waals surface area contributed by atoms with Crippen molar-refractivity contribution in [2.45, 2.75) is 71.6 Å². The molecule has 0 radical (unpaired) electrons. The van der Waals surface area contributed by atoms with Gasteiger partial charge in [0, 0.05) is 78.0 Å². The third kappa shape index (κ3) is 6.80. The Labute approximate surface area is 457 Å². The largest absolute Gasteiger partial charge is 0.456 e. The van der Waals surface area contributed by atoms with Crippen molar-refractivity contribution in [3.63, 3.8) is 0 Å². The topological polar surface area (TPSA) is 32.8 Å². The number of para-hydroxylation sites is 1. The lowest BCUT2D eigenvalue weighted by Crippen LogP contribution is -2.62. The van der Waals surface area contributed by atoms with Crippen LogP contribution >= 0.6 is 0 Å². The number of anilines is 5. The lowest BCUT2D eigenvalue weighted by atomic mass is 9.42. The van der Waals surface area contributed by atoms with Gasteiger partial charge in [-0.15, -0.1) is 0 Å². The highest BCUT2D eigenvalue weighted by Crippen LogP contribution is 2.59. The summed E-state index contributed by atoms with van der Waals surface area (Å²) in [5.41, 5.74) is 24.2. The molecule has 0 spiro atoms. The van der Waals surface area contributed by atoms with Crippen molar-refractivity contribution in [1.82, 2.24) is 0 Å². The average Bonchev–Trinajstić information content (AvgIpc) is 4.13. The van der Waals surface area contributed by atoms with Crippen molar-refractivity contribution in [2.24, 2.45) is 0 Å². The summed E-state index contributed by atoms with van der Waals surface area (Å²) in [5.74, 6) is 1.71. The van der Waals surface area contributed by atoms with Crippen LogP contribution in [0.5, 0.6) is 0 Å². The Hall–Kier alpha value is -8.80. The Bertz CT molecular complexity index is 4420. The minimum atomic E-state index is -0.337. The number of nitrogens with zero attached hydrogens (tertiary/aromatic N) is 2. The van der Waals surface area contributed by atoms with Gasteiger partial charge in [-0.25, -0.2) is 0 Å². The van der Waals surface area contributed by atoms with Crippen LogP contribution in [0.15, 0.2) is 221 Å². The first-order valence-electron chi connectivity index (χ1n) is 27.6. The van der Waals surface area contributed by atoms with E-state index < -0.39 is 0 Å². The zero-order valence-electron chi connectivity index (χ0n) is 45.5. The van der Waals surface area contributed by atoms with E-state index in [1.807, 2.05) is 0 Å². The summed E-state index contributed by atoms with van der Waals surface area (Å²) in [5, 5.41) is 4.37. The molecule has 12 aromatic rings. The summed E-state index contributed by atoms with van der Waals surface area (Å²) in [4.78, 5) is 5.28. The Morgan fingerprint density at radius 2 is 1.01 bits per heavy atom. The Morgan fingerprint density at radius 3 is 1.69 bits per heavy atom. The molecule has 3 aliphatic rings. The van der Waals surface area contributed by atoms with Crippen LogP contribution in [-0.4, -0.2) is 6.85 Å². The standard InChI is InChI=1S/C73H59BN2O2/c1-71(2,3)47-32-35-49(36-33-47)76-61-43-65-53(51-29-19-21-31-64(51)77-65)39-57(61)66-67-54(50-28-18-20-30-58(50)73(67,7)8)41-63-68(66)74(76)59-40-55-56(70(46-26-16-11-17-27-46)78-69(55)45-24-14-10-15-25-45)42-62(59)75(63)60-37-34-48(72(4,5)6)38-52(60)44-22-12-9-13-23-44/h9-43H,1-8H3. The van der Waals surface area contributed by atoms with Gasteiger partial charge in [-0.2, -0.15) is 0 Å². The van der Waals surface area contributed by atoms with Gasteiger partial charge >= 0.3 is 6.85 Å². The van der Waals surface area contributed by atoms with E-state index in [4.69, 9.17) is 8.83 Å². The third-order valence-corrected chi connectivity index (χ3v) is 17.3. The average molecular weight is 1010 g/mol. The van der Waals surface area contributed by atoms with Crippen LogP contribution in [-0.2, 0) is 16.2 Å². The first-order valence-corrected chi connectivity index (χ1v) is 27.6. The highest BCUT2D eigenvalue weighted by molar-refractivity contribution is 6.94. The van der Waals surface area contributed by atoms with E-state index in [0.717, 1.165) is 78.1 Å². The van der Waals surface area contributed by atoms with Gasteiger partial charge in [-0.3, -0.25) is 0 Å². The fraction of sp³-hybridized carbons (Fsp3) is 0.151. The van der Waals surface area contributed by atoms with Gasteiger partial charge in [0.25, 0.3) is 0 Å². The molecule has 0 N–H and O–H groups in total. The van der Waals surface area contributed by atoms with Crippen LogP contribution in [0.2, 0.25) is 0 Å². The van der Waals surface area contributed by atoms with Crippen LogP contribution in [0, 0.1) is 0 Å². The van der Waals surface area contributed by atoms with E-state index in [2.05, 4.69) is 277 Å². The molecule has 376 valence electrons. The highest BCUT2D eigenvalue weighted by atomic mass is 16.3. The lowest BCUT2D eigenvalue weighted by molar-refractivity contribution is 0.590. The molecule has 0 amide bonds. The first kappa shape index (κ1) is 46.5. The van der Waals surface area contributed by atoms with E-state index in [9.17, 15) is 0 Å². The summed E-state index contributed by atoms with van der Waals surface area (Å²) >= 11 is 0. The molecule has 0 fully saturated rings. The van der Waals surface area contributed by atoms with Gasteiger partial charge in [0.15, 0.2) is 0 Å². The van der Waals surface area contributed by atoms with Crippen LogP contribution in [0.3, 0.4) is 0 Å². The van der Waals surface area contributed by atoms with Crippen molar-refractivity contribution in [3.8, 4) is 56.0 Å². The number of fused-ring (bicyclic) bond motifs is 12. The van der Waals surface area contributed by atoms with Gasteiger partial charge in [-0.05, 0) is 115 Å². The molecule has 10 aromatic carbocycles. The molecule has 1 aliphatic carbocycles. The summed E-state index contributed by atoms with van der Waals surface area (Å²) in [6.45, 7) is 18.4.